The van der Waals surface area contributed by atoms with E-state index in [1.54, 1.807) is 36.4 Å². The van der Waals surface area contributed by atoms with E-state index in [1.165, 1.54) is 43.5 Å². The minimum Gasteiger partial charge on any atom is -0.495 e. The maximum atomic E-state index is 13.6. The third kappa shape index (κ3) is 4.30. The van der Waals surface area contributed by atoms with E-state index in [-0.39, 0.29) is 11.6 Å². The van der Waals surface area contributed by atoms with E-state index in [1.807, 2.05) is 0 Å². The van der Waals surface area contributed by atoms with Gasteiger partial charge >= 0.3 is 0 Å². The van der Waals surface area contributed by atoms with Gasteiger partial charge in [0.2, 0.25) is 0 Å². The van der Waals surface area contributed by atoms with Crippen molar-refractivity contribution in [3.63, 3.8) is 0 Å². The number of para-hydroxylation sites is 3. The Balaban J connectivity index is 1.70. The predicted octanol–water partition coefficient (Wildman–Crippen LogP) is 4.34. The number of halogens is 1. The molecule has 136 valence electrons. The highest BCUT2D eigenvalue weighted by Crippen LogP contribution is 2.23. The second-order valence-corrected chi connectivity index (χ2v) is 5.67. The zero-order valence-electron chi connectivity index (χ0n) is 14.5. The Morgan fingerprint density at radius 1 is 0.741 bits per heavy atom. The Bertz CT molecular complexity index is 971. The van der Waals surface area contributed by atoms with Crippen LogP contribution in [0.1, 0.15) is 20.7 Å². The van der Waals surface area contributed by atoms with Crippen LogP contribution < -0.4 is 15.4 Å². The number of amides is 2. The summed E-state index contributed by atoms with van der Waals surface area (Å²) >= 11 is 0. The van der Waals surface area contributed by atoms with Crippen LogP contribution in [0.15, 0.2) is 72.8 Å². The fraction of sp³-hybridized carbons (Fsp3) is 0.0476. The summed E-state index contributed by atoms with van der Waals surface area (Å²) < 4.78 is 18.8. The minimum atomic E-state index is -0.515. The molecule has 0 unspecified atom stereocenters. The first-order valence-electron chi connectivity index (χ1n) is 8.19. The normalized spacial score (nSPS) is 10.1. The molecule has 0 aliphatic heterocycles. The topological polar surface area (TPSA) is 67.4 Å². The lowest BCUT2D eigenvalue weighted by Crippen LogP contribution is -2.15. The zero-order chi connectivity index (χ0) is 19.2. The van der Waals surface area contributed by atoms with Crippen LogP contribution >= 0.6 is 0 Å². The summed E-state index contributed by atoms with van der Waals surface area (Å²) in [4.78, 5) is 24.6. The van der Waals surface area contributed by atoms with Gasteiger partial charge in [-0.2, -0.15) is 0 Å². The molecule has 6 heteroatoms. The van der Waals surface area contributed by atoms with Crippen LogP contribution in [0.4, 0.5) is 15.8 Å². The molecule has 0 aromatic heterocycles. The summed E-state index contributed by atoms with van der Waals surface area (Å²) in [6.07, 6.45) is 0. The molecule has 0 saturated heterocycles. The molecule has 3 rings (SSSR count). The molecule has 0 saturated carbocycles. The summed E-state index contributed by atoms with van der Waals surface area (Å²) in [6.45, 7) is 0. The van der Waals surface area contributed by atoms with Gasteiger partial charge in [0, 0.05) is 11.1 Å². The quantitative estimate of drug-likeness (QED) is 0.708. The standard InChI is InChI=1S/C21H17FN2O3/c1-27-19-9-5-4-8-18(19)24-21(26)15-12-10-14(11-13-15)20(25)23-17-7-3-2-6-16(17)22/h2-13H,1H3,(H,23,25)(H,24,26). The van der Waals surface area contributed by atoms with Crippen LogP contribution in [0.2, 0.25) is 0 Å². The van der Waals surface area contributed by atoms with E-state index in [0.29, 0.717) is 22.6 Å². The average molecular weight is 364 g/mol. The molecule has 27 heavy (non-hydrogen) atoms. The zero-order valence-corrected chi connectivity index (χ0v) is 14.5. The molecule has 0 atom stereocenters. The van der Waals surface area contributed by atoms with Gasteiger partial charge in [0.05, 0.1) is 18.5 Å². The van der Waals surface area contributed by atoms with Crippen LogP contribution in [0, 0.1) is 5.82 Å². The number of methoxy groups -OCH3 is 1. The van der Waals surface area contributed by atoms with Crippen molar-refractivity contribution in [2.24, 2.45) is 0 Å². The van der Waals surface area contributed by atoms with Crippen LogP contribution in [0.5, 0.6) is 5.75 Å². The molecule has 3 aromatic rings. The molecular weight excluding hydrogens is 347 g/mol. The predicted molar refractivity (Wildman–Crippen MR) is 102 cm³/mol. The maximum Gasteiger partial charge on any atom is 0.255 e. The Morgan fingerprint density at radius 2 is 1.22 bits per heavy atom. The average Bonchev–Trinajstić information content (AvgIpc) is 2.70. The Kier molecular flexibility index (Phi) is 5.47. The first-order chi connectivity index (χ1) is 13.1. The van der Waals surface area contributed by atoms with Gasteiger partial charge < -0.3 is 15.4 Å². The van der Waals surface area contributed by atoms with Gasteiger partial charge in [0.1, 0.15) is 11.6 Å². The Hall–Kier alpha value is -3.67. The van der Waals surface area contributed by atoms with E-state index in [0.717, 1.165) is 0 Å². The highest BCUT2D eigenvalue weighted by Gasteiger charge is 2.12. The highest BCUT2D eigenvalue weighted by molar-refractivity contribution is 6.07. The van der Waals surface area contributed by atoms with E-state index >= 15 is 0 Å². The van der Waals surface area contributed by atoms with Crippen LogP contribution in [-0.4, -0.2) is 18.9 Å². The Morgan fingerprint density at radius 3 is 1.78 bits per heavy atom. The van der Waals surface area contributed by atoms with Crippen molar-refractivity contribution < 1.29 is 18.7 Å². The second kappa shape index (κ2) is 8.14. The number of hydrogen-bond donors (Lipinski definition) is 2. The second-order valence-electron chi connectivity index (χ2n) is 5.67. The largest absolute Gasteiger partial charge is 0.495 e. The van der Waals surface area contributed by atoms with Crippen molar-refractivity contribution >= 4 is 23.2 Å². The number of benzene rings is 3. The summed E-state index contributed by atoms with van der Waals surface area (Å²) in [6, 6.07) is 19.0. The minimum absolute atomic E-state index is 0.0977. The molecule has 3 aromatic carbocycles. The summed E-state index contributed by atoms with van der Waals surface area (Å²) in [5.41, 5.74) is 1.34. The smallest absolute Gasteiger partial charge is 0.255 e. The number of hydrogen-bond acceptors (Lipinski definition) is 3. The molecule has 0 spiro atoms. The first kappa shape index (κ1) is 18.1. The van der Waals surface area contributed by atoms with Crippen molar-refractivity contribution in [1.29, 1.82) is 0 Å². The molecule has 2 amide bonds. The number of ether oxygens (including phenoxy) is 1. The summed E-state index contributed by atoms with van der Waals surface area (Å²) in [5, 5.41) is 5.26. The Labute approximate surface area is 155 Å². The van der Waals surface area contributed by atoms with Crippen molar-refractivity contribution in [3.05, 3.63) is 89.7 Å². The monoisotopic (exact) mass is 364 g/mol. The molecule has 0 aliphatic rings. The summed E-state index contributed by atoms with van der Waals surface area (Å²) in [5.74, 6) is -0.761. The van der Waals surface area contributed by atoms with Crippen molar-refractivity contribution in [3.8, 4) is 5.75 Å². The van der Waals surface area contributed by atoms with Gasteiger partial charge in [-0.05, 0) is 48.5 Å². The highest BCUT2D eigenvalue weighted by atomic mass is 19.1. The van der Waals surface area contributed by atoms with Gasteiger partial charge in [-0.25, -0.2) is 4.39 Å². The molecule has 0 heterocycles. The van der Waals surface area contributed by atoms with E-state index < -0.39 is 11.7 Å². The number of anilines is 2. The van der Waals surface area contributed by atoms with Crippen molar-refractivity contribution in [2.45, 2.75) is 0 Å². The van der Waals surface area contributed by atoms with E-state index in [9.17, 15) is 14.0 Å². The van der Waals surface area contributed by atoms with Gasteiger partial charge in [-0.15, -0.1) is 0 Å². The van der Waals surface area contributed by atoms with Crippen LogP contribution in [0.25, 0.3) is 0 Å². The number of carbonyl (C=O) groups is 2. The first-order valence-corrected chi connectivity index (χ1v) is 8.19. The third-order valence-corrected chi connectivity index (χ3v) is 3.89. The molecular formula is C21H17FN2O3. The molecule has 2 N–H and O–H groups in total. The van der Waals surface area contributed by atoms with Gasteiger partial charge in [0.15, 0.2) is 0 Å². The SMILES string of the molecule is COc1ccccc1NC(=O)c1ccc(C(=O)Nc2ccccc2F)cc1. The van der Waals surface area contributed by atoms with Crippen molar-refractivity contribution in [1.82, 2.24) is 0 Å². The summed E-state index contributed by atoms with van der Waals surface area (Å²) in [7, 11) is 1.52. The lowest BCUT2D eigenvalue weighted by molar-refractivity contribution is 0.101. The fourth-order valence-electron chi connectivity index (χ4n) is 2.47. The van der Waals surface area contributed by atoms with Gasteiger partial charge in [-0.3, -0.25) is 9.59 Å². The van der Waals surface area contributed by atoms with E-state index in [4.69, 9.17) is 4.74 Å². The fourth-order valence-corrected chi connectivity index (χ4v) is 2.47. The molecule has 5 nitrogen and oxygen atoms in total. The number of carbonyl (C=O) groups excluding carboxylic acids is 2. The lowest BCUT2D eigenvalue weighted by atomic mass is 10.1. The number of nitrogens with one attached hydrogen (secondary N) is 2. The van der Waals surface area contributed by atoms with Crippen molar-refractivity contribution in [2.75, 3.05) is 17.7 Å². The van der Waals surface area contributed by atoms with Crippen LogP contribution in [0.3, 0.4) is 0 Å². The lowest BCUT2D eigenvalue weighted by Gasteiger charge is -2.10. The molecule has 0 radical (unpaired) electrons. The molecule has 0 fully saturated rings. The van der Waals surface area contributed by atoms with Gasteiger partial charge in [-0.1, -0.05) is 24.3 Å². The van der Waals surface area contributed by atoms with Crippen LogP contribution in [-0.2, 0) is 0 Å². The number of rotatable bonds is 5. The molecule has 0 aliphatic carbocycles. The third-order valence-electron chi connectivity index (χ3n) is 3.89. The maximum absolute atomic E-state index is 13.6. The van der Waals surface area contributed by atoms with Gasteiger partial charge in [0.25, 0.3) is 11.8 Å². The molecule has 0 bridgehead atoms. The van der Waals surface area contributed by atoms with E-state index in [2.05, 4.69) is 10.6 Å².